The van der Waals surface area contributed by atoms with Crippen LogP contribution in [0.25, 0.3) is 10.9 Å². The van der Waals surface area contributed by atoms with Crippen molar-refractivity contribution in [2.75, 3.05) is 25.1 Å². The molecule has 1 saturated heterocycles. The molecule has 3 nitrogen and oxygen atoms in total. The Morgan fingerprint density at radius 1 is 1.26 bits per heavy atom. The number of hydrogen-bond acceptors (Lipinski definition) is 3. The minimum absolute atomic E-state index is 0.490. The number of pyridine rings is 1. The lowest BCUT2D eigenvalue weighted by atomic mass is 10.1. The minimum atomic E-state index is 0.490. The van der Waals surface area contributed by atoms with E-state index in [1.165, 1.54) is 18.5 Å². The Balaban J connectivity index is 2.02. The van der Waals surface area contributed by atoms with Crippen molar-refractivity contribution in [3.63, 3.8) is 0 Å². The van der Waals surface area contributed by atoms with Crippen molar-refractivity contribution in [1.82, 2.24) is 4.98 Å². The standard InChI is InChI=1S/C15H17ClN2O/c1-19-10-11-8-14(16)13-9-12(4-5-15(13)17-11)18-6-2-3-7-18/h4-5,8-9H,2-3,6-7,10H2,1H3. The summed E-state index contributed by atoms with van der Waals surface area (Å²) >= 11 is 6.36. The van der Waals surface area contributed by atoms with E-state index in [4.69, 9.17) is 16.3 Å². The van der Waals surface area contributed by atoms with E-state index in [1.54, 1.807) is 7.11 Å². The number of aromatic nitrogens is 1. The van der Waals surface area contributed by atoms with Crippen molar-refractivity contribution in [2.24, 2.45) is 0 Å². The second-order valence-corrected chi connectivity index (χ2v) is 5.33. The molecule has 0 atom stereocenters. The fraction of sp³-hybridized carbons (Fsp3) is 0.400. The van der Waals surface area contributed by atoms with E-state index in [9.17, 15) is 0 Å². The lowest BCUT2D eigenvalue weighted by Gasteiger charge is -2.18. The highest BCUT2D eigenvalue weighted by molar-refractivity contribution is 6.35. The van der Waals surface area contributed by atoms with Crippen molar-refractivity contribution in [1.29, 1.82) is 0 Å². The number of benzene rings is 1. The molecule has 0 aliphatic carbocycles. The predicted octanol–water partition coefficient (Wildman–Crippen LogP) is 3.63. The largest absolute Gasteiger partial charge is 0.378 e. The second-order valence-electron chi connectivity index (χ2n) is 4.92. The molecule has 0 radical (unpaired) electrons. The van der Waals surface area contributed by atoms with Gasteiger partial charge in [0.1, 0.15) is 0 Å². The summed E-state index contributed by atoms with van der Waals surface area (Å²) in [5.41, 5.74) is 3.05. The van der Waals surface area contributed by atoms with Gasteiger partial charge in [0.05, 0.1) is 22.8 Å². The monoisotopic (exact) mass is 276 g/mol. The van der Waals surface area contributed by atoms with Gasteiger partial charge in [0.2, 0.25) is 0 Å². The number of fused-ring (bicyclic) bond motifs is 1. The molecule has 0 amide bonds. The van der Waals surface area contributed by atoms with Crippen molar-refractivity contribution < 1.29 is 4.74 Å². The van der Waals surface area contributed by atoms with Gasteiger partial charge in [-0.3, -0.25) is 4.98 Å². The summed E-state index contributed by atoms with van der Waals surface area (Å²) in [6.07, 6.45) is 2.55. The zero-order valence-electron chi connectivity index (χ0n) is 11.0. The van der Waals surface area contributed by atoms with Crippen LogP contribution in [0.5, 0.6) is 0 Å². The maximum atomic E-state index is 6.36. The topological polar surface area (TPSA) is 25.4 Å². The summed E-state index contributed by atoms with van der Waals surface area (Å²) in [5.74, 6) is 0. The molecule has 4 heteroatoms. The van der Waals surface area contributed by atoms with Gasteiger partial charge in [0, 0.05) is 31.3 Å². The number of halogens is 1. The molecule has 100 valence electrons. The fourth-order valence-corrected chi connectivity index (χ4v) is 2.89. The molecule has 1 aliphatic heterocycles. The number of methoxy groups -OCH3 is 1. The third kappa shape index (κ3) is 2.53. The lowest BCUT2D eigenvalue weighted by Crippen LogP contribution is -2.17. The average Bonchev–Trinajstić information content (AvgIpc) is 2.93. The molecule has 0 N–H and O–H groups in total. The van der Waals surface area contributed by atoms with Crippen molar-refractivity contribution in [3.8, 4) is 0 Å². The van der Waals surface area contributed by atoms with Gasteiger partial charge in [-0.1, -0.05) is 11.6 Å². The minimum Gasteiger partial charge on any atom is -0.378 e. The maximum Gasteiger partial charge on any atom is 0.0884 e. The molecule has 0 spiro atoms. The van der Waals surface area contributed by atoms with E-state index in [2.05, 4.69) is 22.0 Å². The van der Waals surface area contributed by atoms with Crippen LogP contribution in [0, 0.1) is 0 Å². The number of ether oxygens (including phenoxy) is 1. The summed E-state index contributed by atoms with van der Waals surface area (Å²) in [6, 6.07) is 8.22. The molecule has 0 bridgehead atoms. The van der Waals surface area contributed by atoms with Crippen LogP contribution in [0.3, 0.4) is 0 Å². The van der Waals surface area contributed by atoms with Gasteiger partial charge in [0.25, 0.3) is 0 Å². The van der Waals surface area contributed by atoms with Crippen LogP contribution in [0.4, 0.5) is 5.69 Å². The average molecular weight is 277 g/mol. The number of anilines is 1. The van der Waals surface area contributed by atoms with Crippen LogP contribution in [0.15, 0.2) is 24.3 Å². The number of nitrogens with zero attached hydrogens (tertiary/aromatic N) is 2. The number of rotatable bonds is 3. The first kappa shape index (κ1) is 12.7. The molecule has 1 fully saturated rings. The van der Waals surface area contributed by atoms with E-state index in [1.807, 2.05) is 12.1 Å². The van der Waals surface area contributed by atoms with Crippen LogP contribution < -0.4 is 4.90 Å². The van der Waals surface area contributed by atoms with Crippen LogP contribution in [-0.2, 0) is 11.3 Å². The van der Waals surface area contributed by atoms with Crippen molar-refractivity contribution in [3.05, 3.63) is 35.0 Å². The molecule has 1 aromatic heterocycles. The molecule has 1 aliphatic rings. The molecular weight excluding hydrogens is 260 g/mol. The van der Waals surface area contributed by atoms with Gasteiger partial charge in [-0.25, -0.2) is 0 Å². The van der Waals surface area contributed by atoms with Crippen LogP contribution >= 0.6 is 11.6 Å². The SMILES string of the molecule is COCc1cc(Cl)c2cc(N3CCCC3)ccc2n1. The molecule has 19 heavy (non-hydrogen) atoms. The quantitative estimate of drug-likeness (QED) is 0.856. The summed E-state index contributed by atoms with van der Waals surface area (Å²) in [5, 5.41) is 1.77. The molecule has 0 saturated carbocycles. The maximum absolute atomic E-state index is 6.36. The highest BCUT2D eigenvalue weighted by Crippen LogP contribution is 2.29. The van der Waals surface area contributed by atoms with Gasteiger partial charge >= 0.3 is 0 Å². The van der Waals surface area contributed by atoms with E-state index >= 15 is 0 Å². The van der Waals surface area contributed by atoms with Crippen LogP contribution in [0.2, 0.25) is 5.02 Å². The first-order valence-electron chi connectivity index (χ1n) is 6.61. The molecule has 1 aromatic carbocycles. The summed E-state index contributed by atoms with van der Waals surface area (Å²) < 4.78 is 5.11. The Kier molecular flexibility index (Phi) is 3.58. The highest BCUT2D eigenvalue weighted by atomic mass is 35.5. The smallest absolute Gasteiger partial charge is 0.0884 e. The van der Waals surface area contributed by atoms with Crippen molar-refractivity contribution >= 4 is 28.2 Å². The van der Waals surface area contributed by atoms with E-state index in [-0.39, 0.29) is 0 Å². The lowest BCUT2D eigenvalue weighted by molar-refractivity contribution is 0.182. The highest BCUT2D eigenvalue weighted by Gasteiger charge is 2.13. The Hall–Kier alpha value is -1.32. The molecular formula is C15H17ClN2O. The third-order valence-corrected chi connectivity index (χ3v) is 3.87. The Morgan fingerprint density at radius 3 is 2.79 bits per heavy atom. The van der Waals surface area contributed by atoms with E-state index in [0.29, 0.717) is 6.61 Å². The predicted molar refractivity (Wildman–Crippen MR) is 78.9 cm³/mol. The third-order valence-electron chi connectivity index (χ3n) is 3.56. The summed E-state index contributed by atoms with van der Waals surface area (Å²) in [7, 11) is 1.66. The Bertz CT molecular complexity index is 594. The normalized spacial score (nSPS) is 15.4. The first-order valence-corrected chi connectivity index (χ1v) is 6.99. The summed E-state index contributed by atoms with van der Waals surface area (Å²) in [4.78, 5) is 6.97. The molecule has 2 aromatic rings. The van der Waals surface area contributed by atoms with E-state index < -0.39 is 0 Å². The van der Waals surface area contributed by atoms with Gasteiger partial charge in [0.15, 0.2) is 0 Å². The van der Waals surface area contributed by atoms with Crippen molar-refractivity contribution in [2.45, 2.75) is 19.4 Å². The van der Waals surface area contributed by atoms with Gasteiger partial charge in [-0.05, 0) is 37.1 Å². The summed E-state index contributed by atoms with van der Waals surface area (Å²) in [6.45, 7) is 2.76. The molecule has 0 unspecified atom stereocenters. The van der Waals surface area contributed by atoms with Gasteiger partial charge in [-0.2, -0.15) is 0 Å². The molecule has 2 heterocycles. The Morgan fingerprint density at radius 2 is 2.05 bits per heavy atom. The van der Waals surface area contributed by atoms with E-state index in [0.717, 1.165) is 34.7 Å². The number of hydrogen-bond donors (Lipinski definition) is 0. The fourth-order valence-electron chi connectivity index (χ4n) is 2.62. The van der Waals surface area contributed by atoms with Gasteiger partial charge < -0.3 is 9.64 Å². The Labute approximate surface area is 118 Å². The second kappa shape index (κ2) is 5.35. The zero-order chi connectivity index (χ0) is 13.2. The van der Waals surface area contributed by atoms with Crippen LogP contribution in [0.1, 0.15) is 18.5 Å². The van der Waals surface area contributed by atoms with Crippen LogP contribution in [-0.4, -0.2) is 25.2 Å². The van der Waals surface area contributed by atoms with Gasteiger partial charge in [-0.15, -0.1) is 0 Å². The first-order chi connectivity index (χ1) is 9.28. The zero-order valence-corrected chi connectivity index (χ0v) is 11.8. The molecule has 3 rings (SSSR count).